The molecule has 2 atom stereocenters. The van der Waals surface area contributed by atoms with E-state index in [1.165, 1.54) is 0 Å². The number of methoxy groups -OCH3 is 2. The molecule has 2 unspecified atom stereocenters. The first kappa shape index (κ1) is 21.7. The van der Waals surface area contributed by atoms with Crippen molar-refractivity contribution < 1.29 is 23.8 Å². The molecule has 0 aromatic carbocycles. The van der Waals surface area contributed by atoms with Gasteiger partial charge in [0.1, 0.15) is 12.6 Å². The second-order valence-corrected chi connectivity index (χ2v) is 5.10. The standard InChI is InChI=1S/C18H30O5/c1-21-17(13-9-5-3-7-11-15-19)23-18(22-2)14-10-6-4-8-12-16-20/h9-10,13-18H,3-8,11-12H2,1-2H3. The molecule has 0 bridgehead atoms. The first-order valence-corrected chi connectivity index (χ1v) is 8.20. The molecule has 0 N–H and O–H groups in total. The molecule has 0 aliphatic carbocycles. The van der Waals surface area contributed by atoms with E-state index in [9.17, 15) is 9.59 Å². The van der Waals surface area contributed by atoms with E-state index in [0.29, 0.717) is 12.8 Å². The number of aldehydes is 2. The third kappa shape index (κ3) is 14.0. The van der Waals surface area contributed by atoms with Crippen molar-refractivity contribution in [2.45, 2.75) is 63.9 Å². The molecule has 5 nitrogen and oxygen atoms in total. The topological polar surface area (TPSA) is 61.8 Å². The lowest BCUT2D eigenvalue weighted by Crippen LogP contribution is -2.22. The van der Waals surface area contributed by atoms with Crippen LogP contribution >= 0.6 is 0 Å². The summed E-state index contributed by atoms with van der Waals surface area (Å²) >= 11 is 0. The van der Waals surface area contributed by atoms with E-state index < -0.39 is 12.6 Å². The molecule has 0 aliphatic heterocycles. The summed E-state index contributed by atoms with van der Waals surface area (Å²) in [5.74, 6) is 0. The first-order chi connectivity index (χ1) is 11.3. The van der Waals surface area contributed by atoms with E-state index in [2.05, 4.69) is 0 Å². The van der Waals surface area contributed by atoms with Gasteiger partial charge in [-0.05, 0) is 50.7 Å². The molecule has 0 aromatic rings. The highest BCUT2D eigenvalue weighted by Gasteiger charge is 2.10. The van der Waals surface area contributed by atoms with Crippen LogP contribution in [0.25, 0.3) is 0 Å². The molecule has 0 saturated heterocycles. The summed E-state index contributed by atoms with van der Waals surface area (Å²) < 4.78 is 16.2. The Hall–Kier alpha value is -1.30. The van der Waals surface area contributed by atoms with Gasteiger partial charge in [0.2, 0.25) is 0 Å². The monoisotopic (exact) mass is 326 g/mol. The normalized spacial score (nSPS) is 14.3. The van der Waals surface area contributed by atoms with E-state index in [-0.39, 0.29) is 0 Å². The first-order valence-electron chi connectivity index (χ1n) is 8.20. The quantitative estimate of drug-likeness (QED) is 0.188. The van der Waals surface area contributed by atoms with Gasteiger partial charge in [-0.25, -0.2) is 0 Å². The molecule has 0 aromatic heterocycles. The van der Waals surface area contributed by atoms with Crippen LogP contribution in [0.15, 0.2) is 24.3 Å². The lowest BCUT2D eigenvalue weighted by Gasteiger charge is -2.18. The third-order valence-electron chi connectivity index (χ3n) is 3.20. The largest absolute Gasteiger partial charge is 0.352 e. The minimum absolute atomic E-state index is 0.467. The zero-order valence-electron chi connectivity index (χ0n) is 14.3. The van der Waals surface area contributed by atoms with E-state index >= 15 is 0 Å². The molecule has 0 radical (unpaired) electrons. The molecular formula is C18H30O5. The smallest absolute Gasteiger partial charge is 0.179 e. The number of hydrogen-bond donors (Lipinski definition) is 0. The summed E-state index contributed by atoms with van der Waals surface area (Å²) in [5.41, 5.74) is 0. The minimum Gasteiger partial charge on any atom is -0.352 e. The summed E-state index contributed by atoms with van der Waals surface area (Å²) in [4.78, 5) is 20.4. The fraction of sp³-hybridized carbons (Fsp3) is 0.667. The Bertz CT molecular complexity index is 306. The van der Waals surface area contributed by atoms with Gasteiger partial charge >= 0.3 is 0 Å². The highest BCUT2D eigenvalue weighted by atomic mass is 16.8. The molecule has 0 heterocycles. The summed E-state index contributed by atoms with van der Waals surface area (Å²) in [6, 6.07) is 0. The molecular weight excluding hydrogens is 296 g/mol. The fourth-order valence-electron chi connectivity index (χ4n) is 1.89. The van der Waals surface area contributed by atoms with Crippen LogP contribution in [-0.2, 0) is 23.8 Å². The molecule has 0 saturated carbocycles. The van der Waals surface area contributed by atoms with Gasteiger partial charge < -0.3 is 23.8 Å². The molecule has 0 amide bonds. The molecule has 0 rings (SSSR count). The summed E-state index contributed by atoms with van der Waals surface area (Å²) in [6.45, 7) is 0. The number of carbonyl (C=O) groups excluding carboxylic acids is 2. The zero-order chi connectivity index (χ0) is 17.2. The van der Waals surface area contributed by atoms with Crippen LogP contribution in [0.3, 0.4) is 0 Å². The van der Waals surface area contributed by atoms with E-state index in [1.54, 1.807) is 14.2 Å². The third-order valence-corrected chi connectivity index (χ3v) is 3.20. The second-order valence-electron chi connectivity index (χ2n) is 5.10. The molecule has 23 heavy (non-hydrogen) atoms. The molecule has 0 spiro atoms. The van der Waals surface area contributed by atoms with Crippen molar-refractivity contribution in [3.63, 3.8) is 0 Å². The van der Waals surface area contributed by atoms with Crippen LogP contribution in [0, 0.1) is 0 Å². The van der Waals surface area contributed by atoms with Crippen molar-refractivity contribution in [2.24, 2.45) is 0 Å². The summed E-state index contributed by atoms with van der Waals surface area (Å²) in [6.07, 6.45) is 15.4. The van der Waals surface area contributed by atoms with Gasteiger partial charge in [0.05, 0.1) is 0 Å². The number of allylic oxidation sites excluding steroid dienone is 2. The van der Waals surface area contributed by atoms with Crippen LogP contribution < -0.4 is 0 Å². The van der Waals surface area contributed by atoms with Crippen molar-refractivity contribution in [1.29, 1.82) is 0 Å². The predicted molar refractivity (Wildman–Crippen MR) is 90.0 cm³/mol. The Morgan fingerprint density at radius 3 is 1.43 bits per heavy atom. The summed E-state index contributed by atoms with van der Waals surface area (Å²) in [7, 11) is 3.16. The summed E-state index contributed by atoms with van der Waals surface area (Å²) in [5, 5.41) is 0. The second kappa shape index (κ2) is 17.1. The minimum atomic E-state index is -0.467. The molecule has 132 valence electrons. The average molecular weight is 326 g/mol. The number of carbonyl (C=O) groups is 2. The van der Waals surface area contributed by atoms with Crippen LogP contribution in [0.2, 0.25) is 0 Å². The van der Waals surface area contributed by atoms with Gasteiger partial charge in [0.25, 0.3) is 0 Å². The van der Waals surface area contributed by atoms with E-state index in [0.717, 1.165) is 51.1 Å². The Morgan fingerprint density at radius 2 is 1.09 bits per heavy atom. The van der Waals surface area contributed by atoms with Gasteiger partial charge in [-0.3, -0.25) is 0 Å². The van der Waals surface area contributed by atoms with E-state index in [1.807, 2.05) is 24.3 Å². The predicted octanol–water partition coefficient (Wildman–Crippen LogP) is 3.58. The zero-order valence-corrected chi connectivity index (χ0v) is 14.3. The van der Waals surface area contributed by atoms with Crippen molar-refractivity contribution in [1.82, 2.24) is 0 Å². The maximum Gasteiger partial charge on any atom is 0.179 e. The van der Waals surface area contributed by atoms with Gasteiger partial charge in [-0.2, -0.15) is 0 Å². The van der Waals surface area contributed by atoms with Gasteiger partial charge in [-0.15, -0.1) is 0 Å². The molecule has 5 heteroatoms. The Morgan fingerprint density at radius 1 is 0.696 bits per heavy atom. The van der Waals surface area contributed by atoms with Gasteiger partial charge in [-0.1, -0.05) is 12.2 Å². The number of rotatable bonds is 16. The molecule has 0 aliphatic rings. The van der Waals surface area contributed by atoms with Crippen molar-refractivity contribution in [3.8, 4) is 0 Å². The van der Waals surface area contributed by atoms with Crippen molar-refractivity contribution >= 4 is 12.6 Å². The van der Waals surface area contributed by atoms with Crippen LogP contribution in [0.5, 0.6) is 0 Å². The number of unbranched alkanes of at least 4 members (excludes halogenated alkanes) is 6. The highest BCUT2D eigenvalue weighted by Crippen LogP contribution is 2.08. The fourth-order valence-corrected chi connectivity index (χ4v) is 1.89. The van der Waals surface area contributed by atoms with Crippen molar-refractivity contribution in [3.05, 3.63) is 24.3 Å². The molecule has 0 fully saturated rings. The SMILES string of the molecule is COC(C=CCCCCC=O)OC(C=CCCCCC=O)OC. The lowest BCUT2D eigenvalue weighted by molar-refractivity contribution is -0.188. The number of hydrogen-bond acceptors (Lipinski definition) is 5. The highest BCUT2D eigenvalue weighted by molar-refractivity contribution is 5.49. The number of ether oxygens (including phenoxy) is 3. The van der Waals surface area contributed by atoms with E-state index in [4.69, 9.17) is 14.2 Å². The lowest BCUT2D eigenvalue weighted by atomic mass is 10.2. The average Bonchev–Trinajstić information content (AvgIpc) is 2.58. The van der Waals surface area contributed by atoms with Crippen molar-refractivity contribution in [2.75, 3.05) is 14.2 Å². The van der Waals surface area contributed by atoms with Gasteiger partial charge in [0.15, 0.2) is 12.6 Å². The maximum atomic E-state index is 10.2. The Labute approximate surface area is 139 Å². The Kier molecular flexibility index (Phi) is 16.1. The van der Waals surface area contributed by atoms with Gasteiger partial charge in [0, 0.05) is 27.1 Å². The van der Waals surface area contributed by atoms with Crippen LogP contribution in [0.4, 0.5) is 0 Å². The van der Waals surface area contributed by atoms with Crippen LogP contribution in [0.1, 0.15) is 51.4 Å². The maximum absolute atomic E-state index is 10.2. The Balaban J connectivity index is 4.03. The van der Waals surface area contributed by atoms with Crippen LogP contribution in [-0.4, -0.2) is 39.4 Å².